The Labute approximate surface area is 104 Å². The minimum absolute atomic E-state index is 0.154. The molecule has 2 heterocycles. The summed E-state index contributed by atoms with van der Waals surface area (Å²) in [7, 11) is 0. The normalized spacial score (nSPS) is 13.3. The van der Waals surface area contributed by atoms with Crippen LogP contribution in [0.4, 0.5) is 0 Å². The third-order valence-corrected chi connectivity index (χ3v) is 3.16. The van der Waals surface area contributed by atoms with Crippen molar-refractivity contribution in [2.75, 3.05) is 0 Å². The molecule has 0 aliphatic heterocycles. The number of rotatable bonds is 0. The van der Waals surface area contributed by atoms with Gasteiger partial charge in [-0.1, -0.05) is 41.5 Å². The van der Waals surface area contributed by atoms with E-state index < -0.39 is 0 Å². The highest BCUT2D eigenvalue weighted by molar-refractivity contribution is 5.52. The summed E-state index contributed by atoms with van der Waals surface area (Å²) in [5.74, 6) is 0. The Balaban J connectivity index is 2.78. The molecule has 0 bridgehead atoms. The molecule has 0 radical (unpaired) electrons. The average Bonchev–Trinajstić information content (AvgIpc) is 2.59. The van der Waals surface area contributed by atoms with Gasteiger partial charge in [0, 0.05) is 6.20 Å². The summed E-state index contributed by atoms with van der Waals surface area (Å²) in [4.78, 5) is 4.21. The average molecular weight is 230 g/mol. The monoisotopic (exact) mass is 230 g/mol. The highest BCUT2D eigenvalue weighted by atomic mass is 15.0. The van der Waals surface area contributed by atoms with Gasteiger partial charge in [-0.3, -0.25) is 0 Å². The van der Waals surface area contributed by atoms with Crippen LogP contribution in [-0.2, 0) is 10.8 Å². The third-order valence-electron chi connectivity index (χ3n) is 3.16. The first-order chi connectivity index (χ1) is 7.69. The third kappa shape index (κ3) is 2.21. The molecule has 2 aromatic rings. The summed E-state index contributed by atoms with van der Waals surface area (Å²) in [6.45, 7) is 13.6. The Morgan fingerprint density at radius 3 is 2.06 bits per heavy atom. The highest BCUT2D eigenvalue weighted by Crippen LogP contribution is 2.34. The molecule has 17 heavy (non-hydrogen) atoms. The van der Waals surface area contributed by atoms with Gasteiger partial charge >= 0.3 is 0 Å². The van der Waals surface area contributed by atoms with Gasteiger partial charge in [-0.05, 0) is 28.0 Å². The van der Waals surface area contributed by atoms with Gasteiger partial charge < -0.3 is 4.40 Å². The van der Waals surface area contributed by atoms with E-state index in [0.717, 1.165) is 0 Å². The zero-order chi connectivity index (χ0) is 12.8. The summed E-state index contributed by atoms with van der Waals surface area (Å²) in [6.07, 6.45) is 6.02. The van der Waals surface area contributed by atoms with Gasteiger partial charge in [0.2, 0.25) is 0 Å². The van der Waals surface area contributed by atoms with Crippen molar-refractivity contribution < 1.29 is 0 Å². The van der Waals surface area contributed by atoms with Crippen LogP contribution in [0, 0.1) is 0 Å². The SMILES string of the molecule is CC(C)(C)c1cc2cncn2cc1C(C)(C)C. The number of hydrogen-bond donors (Lipinski definition) is 0. The lowest BCUT2D eigenvalue weighted by Crippen LogP contribution is -2.22. The van der Waals surface area contributed by atoms with Crippen LogP contribution in [0.3, 0.4) is 0 Å². The van der Waals surface area contributed by atoms with Crippen molar-refractivity contribution in [3.8, 4) is 0 Å². The van der Waals surface area contributed by atoms with Crippen LogP contribution in [0.25, 0.3) is 5.52 Å². The topological polar surface area (TPSA) is 17.3 Å². The molecule has 0 atom stereocenters. The summed E-state index contributed by atoms with van der Waals surface area (Å²) in [5.41, 5.74) is 4.30. The predicted octanol–water partition coefficient (Wildman–Crippen LogP) is 3.93. The number of aromatic nitrogens is 2. The van der Waals surface area contributed by atoms with Crippen molar-refractivity contribution in [2.45, 2.75) is 52.4 Å². The van der Waals surface area contributed by atoms with Crippen molar-refractivity contribution in [1.29, 1.82) is 0 Å². The van der Waals surface area contributed by atoms with Crippen LogP contribution < -0.4 is 0 Å². The van der Waals surface area contributed by atoms with Crippen LogP contribution in [0.5, 0.6) is 0 Å². The van der Waals surface area contributed by atoms with Crippen LogP contribution in [0.2, 0.25) is 0 Å². The number of fused-ring (bicyclic) bond motifs is 1. The number of imidazole rings is 1. The molecule has 2 aromatic heterocycles. The standard InChI is InChI=1S/C15H22N2/c1-14(2,3)12-7-11-8-16-10-17(11)9-13(12)15(4,5)6/h7-10H,1-6H3. The molecule has 0 spiro atoms. The zero-order valence-electron chi connectivity index (χ0n) is 11.7. The van der Waals surface area contributed by atoms with Crippen molar-refractivity contribution in [3.05, 3.63) is 35.9 Å². The van der Waals surface area contributed by atoms with Gasteiger partial charge in [0.25, 0.3) is 0 Å². The maximum absolute atomic E-state index is 4.21. The minimum Gasteiger partial charge on any atom is -0.306 e. The van der Waals surface area contributed by atoms with Crippen molar-refractivity contribution in [3.63, 3.8) is 0 Å². The van der Waals surface area contributed by atoms with E-state index in [2.05, 4.69) is 63.2 Å². The minimum atomic E-state index is 0.154. The summed E-state index contributed by atoms with van der Waals surface area (Å²) >= 11 is 0. The molecule has 0 aromatic carbocycles. The smallest absolute Gasteiger partial charge is 0.0992 e. The number of hydrogen-bond acceptors (Lipinski definition) is 1. The Morgan fingerprint density at radius 1 is 0.941 bits per heavy atom. The Kier molecular flexibility index (Phi) is 2.57. The number of nitrogens with zero attached hydrogens (tertiary/aromatic N) is 2. The fourth-order valence-electron chi connectivity index (χ4n) is 2.19. The Bertz CT molecular complexity index is 488. The lowest BCUT2D eigenvalue weighted by atomic mass is 9.76. The molecule has 0 fully saturated rings. The van der Waals surface area contributed by atoms with E-state index in [1.807, 2.05) is 12.5 Å². The second-order valence-corrected chi connectivity index (χ2v) is 6.83. The van der Waals surface area contributed by atoms with Crippen LogP contribution >= 0.6 is 0 Å². The molecular weight excluding hydrogens is 208 g/mol. The first kappa shape index (κ1) is 12.2. The summed E-state index contributed by atoms with van der Waals surface area (Å²) < 4.78 is 2.11. The second-order valence-electron chi connectivity index (χ2n) is 6.83. The fourth-order valence-corrected chi connectivity index (χ4v) is 2.19. The van der Waals surface area contributed by atoms with Crippen LogP contribution in [0.15, 0.2) is 24.8 Å². The molecule has 0 saturated heterocycles. The van der Waals surface area contributed by atoms with Gasteiger partial charge in [0.1, 0.15) is 0 Å². The maximum atomic E-state index is 4.21. The predicted molar refractivity (Wildman–Crippen MR) is 72.6 cm³/mol. The Hall–Kier alpha value is -1.31. The molecule has 0 saturated carbocycles. The van der Waals surface area contributed by atoms with Gasteiger partial charge in [0.05, 0.1) is 18.0 Å². The fraction of sp³-hybridized carbons (Fsp3) is 0.533. The van der Waals surface area contributed by atoms with Crippen molar-refractivity contribution in [1.82, 2.24) is 9.38 Å². The van der Waals surface area contributed by atoms with Crippen LogP contribution in [-0.4, -0.2) is 9.38 Å². The zero-order valence-corrected chi connectivity index (χ0v) is 11.7. The molecule has 0 aliphatic carbocycles. The maximum Gasteiger partial charge on any atom is 0.0992 e. The van der Waals surface area contributed by atoms with Crippen molar-refractivity contribution in [2.24, 2.45) is 0 Å². The number of pyridine rings is 1. The van der Waals surface area contributed by atoms with Gasteiger partial charge in [-0.15, -0.1) is 0 Å². The van der Waals surface area contributed by atoms with E-state index in [1.54, 1.807) is 0 Å². The quantitative estimate of drug-likeness (QED) is 0.670. The molecule has 2 heteroatoms. The van der Waals surface area contributed by atoms with E-state index in [0.29, 0.717) is 0 Å². The first-order valence-corrected chi connectivity index (χ1v) is 6.16. The van der Waals surface area contributed by atoms with E-state index >= 15 is 0 Å². The first-order valence-electron chi connectivity index (χ1n) is 6.16. The largest absolute Gasteiger partial charge is 0.306 e. The Morgan fingerprint density at radius 2 is 1.53 bits per heavy atom. The highest BCUT2D eigenvalue weighted by Gasteiger charge is 2.25. The molecular formula is C15H22N2. The van der Waals surface area contributed by atoms with Gasteiger partial charge in [-0.2, -0.15) is 0 Å². The van der Waals surface area contributed by atoms with E-state index in [-0.39, 0.29) is 10.8 Å². The van der Waals surface area contributed by atoms with Gasteiger partial charge in [0.15, 0.2) is 0 Å². The van der Waals surface area contributed by atoms with Crippen LogP contribution in [0.1, 0.15) is 52.7 Å². The lowest BCUT2D eigenvalue weighted by Gasteiger charge is -2.30. The van der Waals surface area contributed by atoms with E-state index in [9.17, 15) is 0 Å². The molecule has 0 amide bonds. The summed E-state index contributed by atoms with van der Waals surface area (Å²) in [6, 6.07) is 2.27. The molecule has 92 valence electrons. The lowest BCUT2D eigenvalue weighted by molar-refractivity contribution is 0.527. The van der Waals surface area contributed by atoms with Crippen molar-refractivity contribution >= 4 is 5.52 Å². The second kappa shape index (κ2) is 3.59. The molecule has 2 nitrogen and oxygen atoms in total. The molecule has 0 N–H and O–H groups in total. The van der Waals surface area contributed by atoms with Gasteiger partial charge in [-0.25, -0.2) is 4.98 Å². The van der Waals surface area contributed by atoms with E-state index in [1.165, 1.54) is 16.6 Å². The summed E-state index contributed by atoms with van der Waals surface area (Å²) in [5, 5.41) is 0. The molecule has 0 aliphatic rings. The molecule has 2 rings (SSSR count). The van der Waals surface area contributed by atoms with E-state index in [4.69, 9.17) is 0 Å². The molecule has 0 unspecified atom stereocenters.